The first kappa shape index (κ1) is 13.4. The van der Waals surface area contributed by atoms with Crippen LogP contribution in [0, 0.1) is 0 Å². The smallest absolute Gasteiger partial charge is 0.236 e. The van der Waals surface area contributed by atoms with E-state index in [4.69, 9.17) is 9.47 Å². The van der Waals surface area contributed by atoms with Crippen molar-refractivity contribution in [1.82, 2.24) is 10.2 Å². The van der Waals surface area contributed by atoms with Gasteiger partial charge in [-0.05, 0) is 6.42 Å². The van der Waals surface area contributed by atoms with Crippen LogP contribution in [0.1, 0.15) is 13.3 Å². The van der Waals surface area contributed by atoms with Crippen molar-refractivity contribution in [3.63, 3.8) is 0 Å². The van der Waals surface area contributed by atoms with Crippen LogP contribution in [0.25, 0.3) is 0 Å². The number of ether oxygens (including phenoxy) is 2. The summed E-state index contributed by atoms with van der Waals surface area (Å²) in [6.45, 7) is 5.90. The number of morpholine rings is 1. The van der Waals surface area contributed by atoms with Crippen LogP contribution < -0.4 is 5.32 Å². The number of nitrogens with one attached hydrogen (secondary N) is 1. The summed E-state index contributed by atoms with van der Waals surface area (Å²) in [6.07, 6.45) is 1.16. The highest BCUT2D eigenvalue weighted by Crippen LogP contribution is 2.07. The Labute approximate surface area is 97.1 Å². The van der Waals surface area contributed by atoms with E-state index in [1.807, 2.05) is 4.90 Å². The van der Waals surface area contributed by atoms with E-state index in [1.165, 1.54) is 0 Å². The van der Waals surface area contributed by atoms with E-state index in [2.05, 4.69) is 12.2 Å². The van der Waals surface area contributed by atoms with Gasteiger partial charge in [0.15, 0.2) is 0 Å². The molecule has 1 aliphatic rings. The molecule has 1 fully saturated rings. The second-order valence-electron chi connectivity index (χ2n) is 3.91. The Bertz CT molecular complexity index is 211. The first-order valence-corrected chi connectivity index (χ1v) is 5.87. The van der Waals surface area contributed by atoms with Crippen molar-refractivity contribution in [2.24, 2.45) is 0 Å². The van der Waals surface area contributed by atoms with Crippen molar-refractivity contribution < 1.29 is 14.3 Å². The minimum Gasteiger partial charge on any atom is -0.383 e. The predicted octanol–water partition coefficient (Wildman–Crippen LogP) is -0.140. The molecule has 5 heteroatoms. The standard InChI is InChI=1S/C11H22N2O3/c1-3-10-9-13(5-7-16-10)11(14)8-12-4-6-15-2/h10,12H,3-9H2,1-2H3. The molecule has 0 bridgehead atoms. The summed E-state index contributed by atoms with van der Waals surface area (Å²) in [6, 6.07) is 0. The zero-order valence-electron chi connectivity index (χ0n) is 10.2. The molecular weight excluding hydrogens is 208 g/mol. The van der Waals surface area contributed by atoms with Crippen LogP contribution >= 0.6 is 0 Å². The van der Waals surface area contributed by atoms with E-state index in [0.29, 0.717) is 32.8 Å². The number of hydrogen-bond donors (Lipinski definition) is 1. The molecule has 1 aliphatic heterocycles. The molecule has 0 saturated carbocycles. The number of methoxy groups -OCH3 is 1. The highest BCUT2D eigenvalue weighted by atomic mass is 16.5. The van der Waals surface area contributed by atoms with Crippen molar-refractivity contribution in [2.45, 2.75) is 19.4 Å². The molecular formula is C11H22N2O3. The largest absolute Gasteiger partial charge is 0.383 e. The van der Waals surface area contributed by atoms with Crippen LogP contribution in [0.15, 0.2) is 0 Å². The van der Waals surface area contributed by atoms with Crippen molar-refractivity contribution in [1.29, 1.82) is 0 Å². The van der Waals surface area contributed by atoms with Gasteiger partial charge in [0.25, 0.3) is 0 Å². The number of nitrogens with zero attached hydrogens (tertiary/aromatic N) is 1. The van der Waals surface area contributed by atoms with Crippen molar-refractivity contribution >= 4 is 5.91 Å². The van der Waals surface area contributed by atoms with Crippen molar-refractivity contribution in [3.05, 3.63) is 0 Å². The van der Waals surface area contributed by atoms with Gasteiger partial charge in [0.1, 0.15) is 0 Å². The third-order valence-electron chi connectivity index (χ3n) is 2.71. The molecule has 94 valence electrons. The Morgan fingerprint density at radius 1 is 1.62 bits per heavy atom. The monoisotopic (exact) mass is 230 g/mol. The van der Waals surface area contributed by atoms with Crippen molar-refractivity contribution in [3.8, 4) is 0 Å². The molecule has 0 radical (unpaired) electrons. The third kappa shape index (κ3) is 4.47. The lowest BCUT2D eigenvalue weighted by Gasteiger charge is -2.32. The van der Waals surface area contributed by atoms with Crippen LogP contribution in [0.4, 0.5) is 0 Å². The van der Waals surface area contributed by atoms with Gasteiger partial charge in [-0.2, -0.15) is 0 Å². The minimum atomic E-state index is 0.151. The van der Waals surface area contributed by atoms with Crippen LogP contribution in [-0.4, -0.2) is 63.4 Å². The summed E-state index contributed by atoms with van der Waals surface area (Å²) < 4.78 is 10.4. The van der Waals surface area contributed by atoms with Gasteiger partial charge in [0.2, 0.25) is 5.91 Å². The maximum atomic E-state index is 11.8. The van der Waals surface area contributed by atoms with Gasteiger partial charge in [-0.3, -0.25) is 4.79 Å². The highest BCUT2D eigenvalue weighted by Gasteiger charge is 2.22. The van der Waals surface area contributed by atoms with E-state index in [9.17, 15) is 4.79 Å². The fourth-order valence-corrected chi connectivity index (χ4v) is 1.67. The number of hydrogen-bond acceptors (Lipinski definition) is 4. The van der Waals surface area contributed by atoms with Crippen LogP contribution in [0.3, 0.4) is 0 Å². The van der Waals surface area contributed by atoms with E-state index < -0.39 is 0 Å². The third-order valence-corrected chi connectivity index (χ3v) is 2.71. The fraction of sp³-hybridized carbons (Fsp3) is 0.909. The Kier molecular flexibility index (Phi) is 6.37. The Morgan fingerprint density at radius 2 is 2.44 bits per heavy atom. The second-order valence-corrected chi connectivity index (χ2v) is 3.91. The van der Waals surface area contributed by atoms with Gasteiger partial charge in [-0.25, -0.2) is 0 Å². The first-order valence-electron chi connectivity index (χ1n) is 5.87. The summed E-state index contributed by atoms with van der Waals surface area (Å²) in [5, 5.41) is 3.06. The molecule has 1 rings (SSSR count). The lowest BCUT2D eigenvalue weighted by Crippen LogP contribution is -2.48. The van der Waals surface area contributed by atoms with Gasteiger partial charge >= 0.3 is 0 Å². The topological polar surface area (TPSA) is 50.8 Å². The predicted molar refractivity (Wildman–Crippen MR) is 61.4 cm³/mol. The summed E-state index contributed by atoms with van der Waals surface area (Å²) in [4.78, 5) is 13.7. The molecule has 1 saturated heterocycles. The van der Waals surface area contributed by atoms with Gasteiger partial charge in [0.05, 0.1) is 25.9 Å². The minimum absolute atomic E-state index is 0.151. The van der Waals surface area contributed by atoms with Crippen molar-refractivity contribution in [2.75, 3.05) is 46.5 Å². The Balaban J connectivity index is 2.19. The average Bonchev–Trinajstić information content (AvgIpc) is 2.34. The van der Waals surface area contributed by atoms with Crippen LogP contribution in [-0.2, 0) is 14.3 Å². The molecule has 5 nitrogen and oxygen atoms in total. The fourth-order valence-electron chi connectivity index (χ4n) is 1.67. The molecule has 0 aromatic carbocycles. The molecule has 1 heterocycles. The normalized spacial score (nSPS) is 21.1. The summed E-state index contributed by atoms with van der Waals surface area (Å²) >= 11 is 0. The maximum absolute atomic E-state index is 11.8. The Hall–Kier alpha value is -0.650. The zero-order valence-corrected chi connectivity index (χ0v) is 10.2. The van der Waals surface area contributed by atoms with Gasteiger partial charge < -0.3 is 19.7 Å². The lowest BCUT2D eigenvalue weighted by molar-refractivity contribution is -0.137. The molecule has 16 heavy (non-hydrogen) atoms. The first-order chi connectivity index (χ1) is 7.77. The van der Waals surface area contributed by atoms with Gasteiger partial charge in [-0.1, -0.05) is 6.92 Å². The summed E-state index contributed by atoms with van der Waals surface area (Å²) in [7, 11) is 1.65. The van der Waals surface area contributed by atoms with Gasteiger partial charge in [0, 0.05) is 26.7 Å². The molecule has 1 amide bonds. The summed E-state index contributed by atoms with van der Waals surface area (Å²) in [5.74, 6) is 0.151. The van der Waals surface area contributed by atoms with Crippen LogP contribution in [0.2, 0.25) is 0 Å². The van der Waals surface area contributed by atoms with E-state index in [0.717, 1.165) is 13.0 Å². The SMILES string of the molecule is CCC1CN(C(=O)CNCCOC)CCO1. The molecule has 0 aromatic heterocycles. The molecule has 1 unspecified atom stereocenters. The summed E-state index contributed by atoms with van der Waals surface area (Å²) in [5.41, 5.74) is 0. The van der Waals surface area contributed by atoms with Gasteiger partial charge in [-0.15, -0.1) is 0 Å². The number of amides is 1. The number of rotatable bonds is 6. The Morgan fingerprint density at radius 3 is 3.12 bits per heavy atom. The molecule has 0 spiro atoms. The zero-order chi connectivity index (χ0) is 11.8. The van der Waals surface area contributed by atoms with Crippen LogP contribution in [0.5, 0.6) is 0 Å². The number of carbonyl (C=O) groups excluding carboxylic acids is 1. The quantitative estimate of drug-likeness (QED) is 0.645. The average molecular weight is 230 g/mol. The van der Waals surface area contributed by atoms with E-state index >= 15 is 0 Å². The molecule has 1 atom stereocenters. The lowest BCUT2D eigenvalue weighted by atomic mass is 10.2. The van der Waals surface area contributed by atoms with E-state index in [1.54, 1.807) is 7.11 Å². The highest BCUT2D eigenvalue weighted by molar-refractivity contribution is 5.78. The maximum Gasteiger partial charge on any atom is 0.236 e. The van der Waals surface area contributed by atoms with E-state index in [-0.39, 0.29) is 12.0 Å². The molecule has 0 aliphatic carbocycles. The second kappa shape index (κ2) is 7.60. The molecule has 0 aromatic rings. The molecule has 1 N–H and O–H groups in total. The number of carbonyl (C=O) groups is 1.